The van der Waals surface area contributed by atoms with Crippen LogP contribution in [0.25, 0.3) is 0 Å². The summed E-state index contributed by atoms with van der Waals surface area (Å²) in [5.74, 6) is -0.422. The van der Waals surface area contributed by atoms with E-state index >= 15 is 0 Å². The maximum atomic E-state index is 12.7. The first kappa shape index (κ1) is 23.6. The SMILES string of the molecule is CCCCNC(=O)Nc1ccc(C2NC(=S)N(C)C(C)=C2C(=O)OCCOC)cc1. The average molecular weight is 435 g/mol. The van der Waals surface area contributed by atoms with Crippen LogP contribution in [0.2, 0.25) is 0 Å². The Kier molecular flexibility index (Phi) is 9.07. The molecule has 2 amide bonds. The van der Waals surface area contributed by atoms with Crippen LogP contribution in [0.15, 0.2) is 35.5 Å². The van der Waals surface area contributed by atoms with Gasteiger partial charge >= 0.3 is 12.0 Å². The highest BCUT2D eigenvalue weighted by Gasteiger charge is 2.33. The summed E-state index contributed by atoms with van der Waals surface area (Å²) in [5.41, 5.74) is 2.71. The number of unbranched alkanes of at least 4 members (excludes halogenated alkanes) is 1. The third-order valence-corrected chi connectivity index (χ3v) is 5.20. The molecule has 1 aromatic carbocycles. The van der Waals surface area contributed by atoms with Crippen LogP contribution in [0.3, 0.4) is 0 Å². The predicted octanol–water partition coefficient (Wildman–Crippen LogP) is 2.93. The first-order valence-corrected chi connectivity index (χ1v) is 10.4. The fourth-order valence-corrected chi connectivity index (χ4v) is 3.21. The predicted molar refractivity (Wildman–Crippen MR) is 120 cm³/mol. The Labute approximate surface area is 183 Å². The Hall–Kier alpha value is -2.65. The number of methoxy groups -OCH3 is 1. The van der Waals surface area contributed by atoms with E-state index in [0.717, 1.165) is 24.1 Å². The number of urea groups is 1. The van der Waals surface area contributed by atoms with Crippen LogP contribution >= 0.6 is 12.2 Å². The number of nitrogens with zero attached hydrogens (tertiary/aromatic N) is 1. The van der Waals surface area contributed by atoms with E-state index in [1.165, 1.54) is 0 Å². The van der Waals surface area contributed by atoms with Crippen molar-refractivity contribution in [2.45, 2.75) is 32.7 Å². The molecule has 1 aliphatic heterocycles. The second-order valence-corrected chi connectivity index (χ2v) is 7.31. The van der Waals surface area contributed by atoms with Gasteiger partial charge in [0.25, 0.3) is 0 Å². The zero-order chi connectivity index (χ0) is 22.1. The molecule has 1 aliphatic rings. The highest BCUT2D eigenvalue weighted by atomic mass is 32.1. The van der Waals surface area contributed by atoms with Gasteiger partial charge in [-0.15, -0.1) is 0 Å². The number of nitrogens with one attached hydrogen (secondary N) is 3. The molecule has 0 saturated carbocycles. The van der Waals surface area contributed by atoms with Crippen molar-refractivity contribution in [1.29, 1.82) is 0 Å². The van der Waals surface area contributed by atoms with Crippen molar-refractivity contribution in [2.75, 3.05) is 39.2 Å². The number of hydrogen-bond donors (Lipinski definition) is 3. The summed E-state index contributed by atoms with van der Waals surface area (Å²) in [7, 11) is 3.35. The molecule has 0 saturated heterocycles. The summed E-state index contributed by atoms with van der Waals surface area (Å²) in [6.45, 7) is 5.03. The summed E-state index contributed by atoms with van der Waals surface area (Å²) < 4.78 is 10.3. The molecule has 2 rings (SSSR count). The number of rotatable bonds is 9. The molecule has 0 radical (unpaired) electrons. The molecule has 164 valence electrons. The van der Waals surface area contributed by atoms with E-state index in [1.807, 2.05) is 19.1 Å². The number of benzene rings is 1. The van der Waals surface area contributed by atoms with Gasteiger partial charge in [-0.1, -0.05) is 25.5 Å². The quantitative estimate of drug-likeness (QED) is 0.313. The summed E-state index contributed by atoms with van der Waals surface area (Å²) in [4.78, 5) is 26.4. The fraction of sp³-hybridized carbons (Fsp3) is 0.476. The monoisotopic (exact) mass is 434 g/mol. The Morgan fingerprint density at radius 2 is 1.93 bits per heavy atom. The Morgan fingerprint density at radius 3 is 2.57 bits per heavy atom. The average Bonchev–Trinajstić information content (AvgIpc) is 2.72. The van der Waals surface area contributed by atoms with Crippen LogP contribution in [-0.2, 0) is 14.3 Å². The van der Waals surface area contributed by atoms with Gasteiger partial charge in [0.1, 0.15) is 6.61 Å². The van der Waals surface area contributed by atoms with Crippen LogP contribution in [0.5, 0.6) is 0 Å². The summed E-state index contributed by atoms with van der Waals surface area (Å²) in [6.07, 6.45) is 1.95. The smallest absolute Gasteiger partial charge is 0.338 e. The van der Waals surface area contributed by atoms with Gasteiger partial charge in [-0.2, -0.15) is 0 Å². The Balaban J connectivity index is 2.17. The molecule has 1 unspecified atom stereocenters. The number of esters is 1. The minimum absolute atomic E-state index is 0.170. The number of hydrogen-bond acceptors (Lipinski definition) is 5. The van der Waals surface area contributed by atoms with Gasteiger partial charge in [-0.3, -0.25) is 0 Å². The molecule has 0 bridgehead atoms. The van der Waals surface area contributed by atoms with Gasteiger partial charge in [-0.05, 0) is 43.3 Å². The van der Waals surface area contributed by atoms with Crippen molar-refractivity contribution in [1.82, 2.24) is 15.5 Å². The number of allylic oxidation sites excluding steroid dienone is 1. The van der Waals surface area contributed by atoms with Crippen LogP contribution in [-0.4, -0.2) is 55.9 Å². The van der Waals surface area contributed by atoms with Gasteiger partial charge < -0.3 is 30.3 Å². The normalized spacial score (nSPS) is 16.2. The van der Waals surface area contributed by atoms with Gasteiger partial charge in [0.15, 0.2) is 5.11 Å². The lowest BCUT2D eigenvalue weighted by Gasteiger charge is -2.35. The van der Waals surface area contributed by atoms with Crippen LogP contribution in [0, 0.1) is 0 Å². The molecule has 30 heavy (non-hydrogen) atoms. The van der Waals surface area contributed by atoms with E-state index in [-0.39, 0.29) is 12.6 Å². The van der Waals surface area contributed by atoms with Crippen molar-refractivity contribution in [3.63, 3.8) is 0 Å². The van der Waals surface area contributed by atoms with Crippen LogP contribution in [0.4, 0.5) is 10.5 Å². The molecule has 3 N–H and O–H groups in total. The third-order valence-electron chi connectivity index (χ3n) is 4.81. The van der Waals surface area contributed by atoms with Crippen molar-refractivity contribution >= 4 is 35.0 Å². The van der Waals surface area contributed by atoms with Crippen LogP contribution < -0.4 is 16.0 Å². The highest BCUT2D eigenvalue weighted by Crippen LogP contribution is 2.31. The number of carbonyl (C=O) groups is 2. The number of carbonyl (C=O) groups excluding carboxylic acids is 2. The van der Waals surface area contributed by atoms with Gasteiger partial charge in [-0.25, -0.2) is 9.59 Å². The molecule has 0 spiro atoms. The second-order valence-electron chi connectivity index (χ2n) is 6.93. The lowest BCUT2D eigenvalue weighted by atomic mass is 9.95. The minimum Gasteiger partial charge on any atom is -0.460 e. The van der Waals surface area contributed by atoms with E-state index in [0.29, 0.717) is 29.5 Å². The lowest BCUT2D eigenvalue weighted by molar-refractivity contribution is -0.140. The lowest BCUT2D eigenvalue weighted by Crippen LogP contribution is -2.46. The van der Waals surface area contributed by atoms with Gasteiger partial charge in [0, 0.05) is 32.1 Å². The number of amides is 2. The molecular weight excluding hydrogens is 404 g/mol. The number of anilines is 1. The van der Waals surface area contributed by atoms with Gasteiger partial charge in [0.2, 0.25) is 0 Å². The molecule has 8 nitrogen and oxygen atoms in total. The van der Waals surface area contributed by atoms with Crippen molar-refractivity contribution in [2.24, 2.45) is 0 Å². The topological polar surface area (TPSA) is 91.9 Å². The standard InChI is InChI=1S/C21H30N4O4S/c1-5-6-11-22-20(27)23-16-9-7-15(8-10-16)18-17(19(26)29-13-12-28-4)14(2)25(3)21(30)24-18/h7-10,18H,5-6,11-13H2,1-4H3,(H,24,30)(H2,22,23,27). The molecule has 9 heteroatoms. The maximum Gasteiger partial charge on any atom is 0.338 e. The third kappa shape index (κ3) is 6.17. The number of thiocarbonyl (C=S) groups is 1. The molecule has 1 atom stereocenters. The number of ether oxygens (including phenoxy) is 2. The maximum absolute atomic E-state index is 12.7. The first-order valence-electron chi connectivity index (χ1n) is 9.94. The first-order chi connectivity index (χ1) is 14.4. The molecular formula is C21H30N4O4S. The summed E-state index contributed by atoms with van der Waals surface area (Å²) >= 11 is 5.40. The zero-order valence-electron chi connectivity index (χ0n) is 17.9. The zero-order valence-corrected chi connectivity index (χ0v) is 18.7. The van der Waals surface area contributed by atoms with E-state index in [1.54, 1.807) is 31.2 Å². The largest absolute Gasteiger partial charge is 0.460 e. The highest BCUT2D eigenvalue weighted by molar-refractivity contribution is 7.80. The molecule has 0 aliphatic carbocycles. The molecule has 1 aromatic rings. The Bertz CT molecular complexity index is 795. The summed E-state index contributed by atoms with van der Waals surface area (Å²) in [6, 6.07) is 6.60. The van der Waals surface area contributed by atoms with Crippen LogP contribution in [0.1, 0.15) is 38.3 Å². The molecule has 0 aromatic heterocycles. The summed E-state index contributed by atoms with van der Waals surface area (Å²) in [5, 5.41) is 9.32. The van der Waals surface area contributed by atoms with Gasteiger partial charge in [0.05, 0.1) is 18.2 Å². The van der Waals surface area contributed by atoms with Crippen molar-refractivity contribution in [3.05, 3.63) is 41.1 Å². The van der Waals surface area contributed by atoms with E-state index in [4.69, 9.17) is 21.7 Å². The fourth-order valence-electron chi connectivity index (χ4n) is 2.96. The van der Waals surface area contributed by atoms with Crippen molar-refractivity contribution in [3.8, 4) is 0 Å². The Morgan fingerprint density at radius 1 is 1.23 bits per heavy atom. The second kappa shape index (κ2) is 11.5. The van der Waals surface area contributed by atoms with E-state index < -0.39 is 12.0 Å². The van der Waals surface area contributed by atoms with E-state index in [2.05, 4.69) is 22.9 Å². The molecule has 1 heterocycles. The van der Waals surface area contributed by atoms with E-state index in [9.17, 15) is 9.59 Å². The molecule has 0 fully saturated rings. The van der Waals surface area contributed by atoms with Crippen molar-refractivity contribution < 1.29 is 19.1 Å². The minimum atomic E-state index is -0.448.